The molecule has 2 N–H and O–H groups in total. The Morgan fingerprint density at radius 1 is 0.848 bits per heavy atom. The predicted molar refractivity (Wildman–Crippen MR) is 130 cm³/mol. The van der Waals surface area contributed by atoms with Crippen LogP contribution in [0.25, 0.3) is 10.8 Å². The number of amides is 1. The number of carbonyl (C=O) groups excluding carboxylic acids is 1. The van der Waals surface area contributed by atoms with Crippen LogP contribution in [0.5, 0.6) is 5.75 Å². The van der Waals surface area contributed by atoms with Crippen molar-refractivity contribution in [2.75, 3.05) is 11.9 Å². The van der Waals surface area contributed by atoms with Gasteiger partial charge in [-0.3, -0.25) is 4.79 Å². The molecule has 1 amide bonds. The second-order valence-corrected chi connectivity index (χ2v) is 9.30. The molecule has 0 fully saturated rings. The number of anilines is 1. The maximum absolute atomic E-state index is 12.7. The minimum atomic E-state index is -3.70. The fourth-order valence-electron chi connectivity index (χ4n) is 3.50. The molecule has 0 unspecified atom stereocenters. The number of hydrogen-bond acceptors (Lipinski definition) is 4. The fraction of sp³-hybridized carbons (Fsp3) is 0.115. The van der Waals surface area contributed by atoms with Crippen molar-refractivity contribution in [3.05, 3.63) is 103 Å². The molecule has 4 aromatic rings. The van der Waals surface area contributed by atoms with Crippen molar-refractivity contribution in [2.24, 2.45) is 0 Å². The van der Waals surface area contributed by atoms with Crippen molar-refractivity contribution in [3.63, 3.8) is 0 Å². The van der Waals surface area contributed by atoms with E-state index in [0.717, 1.165) is 16.3 Å². The third kappa shape index (κ3) is 5.58. The topological polar surface area (TPSA) is 84.5 Å². The number of nitrogens with one attached hydrogen (secondary N) is 2. The summed E-state index contributed by atoms with van der Waals surface area (Å²) in [5.41, 5.74) is 1.58. The smallest absolute Gasteiger partial charge is 0.262 e. The highest BCUT2D eigenvalue weighted by atomic mass is 32.2. The molecule has 0 heterocycles. The number of hydrogen-bond donors (Lipinski definition) is 2. The summed E-state index contributed by atoms with van der Waals surface area (Å²) in [5, 5.41) is 4.83. The van der Waals surface area contributed by atoms with Gasteiger partial charge >= 0.3 is 0 Å². The van der Waals surface area contributed by atoms with Crippen LogP contribution in [0.1, 0.15) is 18.5 Å². The zero-order valence-corrected chi connectivity index (χ0v) is 18.9. The molecule has 0 saturated carbocycles. The number of fused-ring (bicyclic) bond motifs is 1. The van der Waals surface area contributed by atoms with E-state index in [-0.39, 0.29) is 23.5 Å². The van der Waals surface area contributed by atoms with Crippen molar-refractivity contribution < 1.29 is 17.9 Å². The number of sulfonamides is 1. The minimum Gasteiger partial charge on any atom is -0.484 e. The van der Waals surface area contributed by atoms with Crippen LogP contribution < -0.4 is 14.8 Å². The lowest BCUT2D eigenvalue weighted by atomic mass is 10.1. The van der Waals surface area contributed by atoms with Gasteiger partial charge in [-0.05, 0) is 48.2 Å². The van der Waals surface area contributed by atoms with Crippen LogP contribution in [0, 0.1) is 0 Å². The average molecular weight is 461 g/mol. The van der Waals surface area contributed by atoms with E-state index in [1.54, 1.807) is 6.92 Å². The molecular weight excluding hydrogens is 436 g/mol. The normalized spacial score (nSPS) is 12.3. The van der Waals surface area contributed by atoms with Crippen LogP contribution >= 0.6 is 0 Å². The Kier molecular flexibility index (Phi) is 6.72. The lowest BCUT2D eigenvalue weighted by molar-refractivity contribution is -0.118. The largest absolute Gasteiger partial charge is 0.484 e. The summed E-state index contributed by atoms with van der Waals surface area (Å²) in [6.07, 6.45) is 0. The maximum Gasteiger partial charge on any atom is 0.262 e. The lowest BCUT2D eigenvalue weighted by Crippen LogP contribution is -2.26. The van der Waals surface area contributed by atoms with Gasteiger partial charge in [-0.15, -0.1) is 0 Å². The first-order valence-corrected chi connectivity index (χ1v) is 12.0. The lowest BCUT2D eigenvalue weighted by Gasteiger charge is -2.15. The monoisotopic (exact) mass is 460 g/mol. The molecule has 1 atom stereocenters. The number of carbonyl (C=O) groups is 1. The fourth-order valence-corrected chi connectivity index (χ4v) is 4.73. The van der Waals surface area contributed by atoms with Gasteiger partial charge in [-0.25, -0.2) is 13.1 Å². The number of benzene rings is 4. The van der Waals surface area contributed by atoms with Crippen LogP contribution in [0.4, 0.5) is 5.69 Å². The summed E-state index contributed by atoms with van der Waals surface area (Å²) >= 11 is 0. The maximum atomic E-state index is 12.7. The van der Waals surface area contributed by atoms with Crippen LogP contribution in [-0.4, -0.2) is 20.9 Å². The van der Waals surface area contributed by atoms with E-state index in [0.29, 0.717) is 11.4 Å². The van der Waals surface area contributed by atoms with E-state index in [4.69, 9.17) is 4.74 Å². The Labute approximate surface area is 193 Å². The molecule has 0 aliphatic carbocycles. The zero-order valence-electron chi connectivity index (χ0n) is 18.1. The molecule has 0 bridgehead atoms. The number of rotatable bonds is 8. The van der Waals surface area contributed by atoms with Crippen LogP contribution in [0.2, 0.25) is 0 Å². The van der Waals surface area contributed by atoms with E-state index >= 15 is 0 Å². The van der Waals surface area contributed by atoms with Gasteiger partial charge in [0.25, 0.3) is 5.91 Å². The highest BCUT2D eigenvalue weighted by molar-refractivity contribution is 7.89. The van der Waals surface area contributed by atoms with Crippen molar-refractivity contribution in [1.82, 2.24) is 4.72 Å². The molecule has 4 aromatic carbocycles. The Bertz CT molecular complexity index is 1350. The molecule has 0 spiro atoms. The van der Waals surface area contributed by atoms with Gasteiger partial charge in [-0.1, -0.05) is 66.7 Å². The van der Waals surface area contributed by atoms with E-state index in [1.165, 1.54) is 24.3 Å². The molecule has 0 aliphatic heterocycles. The van der Waals surface area contributed by atoms with E-state index in [9.17, 15) is 13.2 Å². The molecule has 0 aromatic heterocycles. The SMILES string of the molecule is C[C@@H](NS(=O)(=O)c1ccc(OCC(=O)Nc2cccc3ccccc23)cc1)c1ccccc1. The van der Waals surface area contributed by atoms with Crippen LogP contribution in [0.3, 0.4) is 0 Å². The first-order valence-electron chi connectivity index (χ1n) is 10.5. The molecule has 0 aliphatic rings. The second kappa shape index (κ2) is 9.85. The third-order valence-corrected chi connectivity index (χ3v) is 6.76. The van der Waals surface area contributed by atoms with Gasteiger partial charge in [0, 0.05) is 17.1 Å². The van der Waals surface area contributed by atoms with Gasteiger partial charge in [0.15, 0.2) is 6.61 Å². The second-order valence-electron chi connectivity index (χ2n) is 7.59. The number of ether oxygens (including phenoxy) is 1. The van der Waals surface area contributed by atoms with Gasteiger partial charge in [0.2, 0.25) is 10.0 Å². The summed E-state index contributed by atoms with van der Waals surface area (Å²) in [6, 6.07) is 28.4. The summed E-state index contributed by atoms with van der Waals surface area (Å²) in [4.78, 5) is 12.5. The first-order chi connectivity index (χ1) is 15.9. The van der Waals surface area contributed by atoms with E-state index in [1.807, 2.05) is 72.8 Å². The van der Waals surface area contributed by atoms with Crippen molar-refractivity contribution in [1.29, 1.82) is 0 Å². The van der Waals surface area contributed by atoms with Crippen LogP contribution in [-0.2, 0) is 14.8 Å². The van der Waals surface area contributed by atoms with Crippen molar-refractivity contribution in [3.8, 4) is 5.75 Å². The molecule has 0 radical (unpaired) electrons. The molecule has 4 rings (SSSR count). The minimum absolute atomic E-state index is 0.123. The van der Waals surface area contributed by atoms with Gasteiger partial charge < -0.3 is 10.1 Å². The predicted octanol–water partition coefficient (Wildman–Crippen LogP) is 4.90. The third-order valence-electron chi connectivity index (χ3n) is 5.20. The Morgan fingerprint density at radius 3 is 2.27 bits per heavy atom. The standard InChI is InChI=1S/C26H24N2O4S/c1-19(20-8-3-2-4-9-20)28-33(30,31)23-16-14-22(15-17-23)32-18-26(29)27-25-13-7-11-21-10-5-6-12-24(21)25/h2-17,19,28H,18H2,1H3,(H,27,29)/t19-/m1/s1. The van der Waals surface area contributed by atoms with Gasteiger partial charge in [-0.2, -0.15) is 0 Å². The first kappa shape index (κ1) is 22.5. The van der Waals surface area contributed by atoms with E-state index < -0.39 is 10.0 Å². The van der Waals surface area contributed by atoms with Crippen LogP contribution in [0.15, 0.2) is 102 Å². The molecule has 168 valence electrons. The summed E-state index contributed by atoms with van der Waals surface area (Å²) in [6.45, 7) is 1.59. The molecule has 0 saturated heterocycles. The Hall–Kier alpha value is -3.68. The van der Waals surface area contributed by atoms with Crippen molar-refractivity contribution in [2.45, 2.75) is 17.9 Å². The molecule has 7 heteroatoms. The average Bonchev–Trinajstić information content (AvgIpc) is 2.83. The quantitative estimate of drug-likeness (QED) is 0.392. The summed E-state index contributed by atoms with van der Waals surface area (Å²) < 4.78 is 33.6. The Balaban J connectivity index is 1.36. The van der Waals surface area contributed by atoms with E-state index in [2.05, 4.69) is 10.0 Å². The molecular formula is C26H24N2O4S. The van der Waals surface area contributed by atoms with Gasteiger partial charge in [0.05, 0.1) is 4.90 Å². The Morgan fingerprint density at radius 2 is 1.52 bits per heavy atom. The van der Waals surface area contributed by atoms with Crippen molar-refractivity contribution >= 4 is 32.4 Å². The highest BCUT2D eigenvalue weighted by Crippen LogP contribution is 2.23. The zero-order chi connectivity index (χ0) is 23.3. The van der Waals surface area contributed by atoms with Gasteiger partial charge in [0.1, 0.15) is 5.75 Å². The molecule has 6 nitrogen and oxygen atoms in total. The molecule has 33 heavy (non-hydrogen) atoms. The summed E-state index contributed by atoms with van der Waals surface area (Å²) in [5.74, 6) is 0.0968. The highest BCUT2D eigenvalue weighted by Gasteiger charge is 2.18. The summed E-state index contributed by atoms with van der Waals surface area (Å²) in [7, 11) is -3.70.